The zero-order chi connectivity index (χ0) is 22.6. The molecule has 1 atom stereocenters. The molecule has 31 heavy (non-hydrogen) atoms. The number of hydrogen-bond acceptors (Lipinski definition) is 6. The highest BCUT2D eigenvalue weighted by Gasteiger charge is 2.52. The molecular weight excluding hydrogens is 402 g/mol. The molecular formula is C22H29N3O6. The topological polar surface area (TPSA) is 114 Å². The number of hydrogen-bond donors (Lipinski definition) is 2. The molecule has 0 bridgehead atoms. The molecule has 1 aromatic carbocycles. The van der Waals surface area contributed by atoms with Crippen LogP contribution in [0.1, 0.15) is 46.0 Å². The van der Waals surface area contributed by atoms with Gasteiger partial charge in [-0.05, 0) is 62.8 Å². The SMILES string of the molecule is CCC1CCC2(CC1)NC(=O)N(CC(=O)OC(C)C(=O)Nc1ccc(OC)cc1)C2=O. The van der Waals surface area contributed by atoms with Gasteiger partial charge in [0.1, 0.15) is 17.8 Å². The third-order valence-corrected chi connectivity index (χ3v) is 6.10. The standard InChI is InChI=1S/C22H29N3O6/c1-4-15-9-11-22(12-10-15)20(28)25(21(29)24-22)13-18(26)31-14(2)19(27)23-16-5-7-17(30-3)8-6-16/h5-8,14-15H,4,9-13H2,1-3H3,(H,23,27)(H,24,29). The van der Waals surface area contributed by atoms with E-state index in [1.165, 1.54) is 6.92 Å². The Bertz CT molecular complexity index is 845. The highest BCUT2D eigenvalue weighted by atomic mass is 16.5. The first-order valence-electron chi connectivity index (χ1n) is 10.6. The van der Waals surface area contributed by atoms with Gasteiger partial charge in [0.25, 0.3) is 11.8 Å². The zero-order valence-electron chi connectivity index (χ0n) is 18.1. The molecule has 2 fully saturated rings. The summed E-state index contributed by atoms with van der Waals surface area (Å²) >= 11 is 0. The van der Waals surface area contributed by atoms with Crippen LogP contribution in [0.25, 0.3) is 0 Å². The number of urea groups is 1. The van der Waals surface area contributed by atoms with E-state index in [4.69, 9.17) is 9.47 Å². The van der Waals surface area contributed by atoms with Gasteiger partial charge in [0.2, 0.25) is 0 Å². The Morgan fingerprint density at radius 2 is 1.87 bits per heavy atom. The van der Waals surface area contributed by atoms with E-state index in [9.17, 15) is 19.2 Å². The van der Waals surface area contributed by atoms with Crippen LogP contribution in [-0.2, 0) is 19.1 Å². The molecule has 1 spiro atoms. The van der Waals surface area contributed by atoms with E-state index in [-0.39, 0.29) is 5.91 Å². The number of esters is 1. The molecule has 9 heteroatoms. The fourth-order valence-electron chi connectivity index (χ4n) is 4.07. The fourth-order valence-corrected chi connectivity index (χ4v) is 4.07. The van der Waals surface area contributed by atoms with Crippen molar-refractivity contribution in [3.05, 3.63) is 24.3 Å². The minimum atomic E-state index is -1.09. The summed E-state index contributed by atoms with van der Waals surface area (Å²) in [5, 5.41) is 5.41. The Balaban J connectivity index is 1.53. The molecule has 3 rings (SSSR count). The lowest BCUT2D eigenvalue weighted by atomic mass is 9.75. The Kier molecular flexibility index (Phi) is 6.82. The number of anilines is 1. The molecule has 2 aliphatic rings. The molecule has 1 unspecified atom stereocenters. The second kappa shape index (κ2) is 9.36. The van der Waals surface area contributed by atoms with Gasteiger partial charge in [-0.2, -0.15) is 0 Å². The van der Waals surface area contributed by atoms with Crippen LogP contribution in [0.4, 0.5) is 10.5 Å². The normalized spacial score (nSPS) is 24.0. The maximum atomic E-state index is 12.9. The monoisotopic (exact) mass is 431 g/mol. The zero-order valence-corrected chi connectivity index (χ0v) is 18.1. The summed E-state index contributed by atoms with van der Waals surface area (Å²) in [6.45, 7) is 3.02. The van der Waals surface area contributed by atoms with Crippen molar-refractivity contribution in [3.63, 3.8) is 0 Å². The average molecular weight is 431 g/mol. The molecule has 1 saturated carbocycles. The highest BCUT2D eigenvalue weighted by molar-refractivity contribution is 6.08. The summed E-state index contributed by atoms with van der Waals surface area (Å²) in [6.07, 6.45) is 2.83. The van der Waals surface area contributed by atoms with Crippen molar-refractivity contribution in [1.82, 2.24) is 10.2 Å². The van der Waals surface area contributed by atoms with Crippen molar-refractivity contribution in [2.75, 3.05) is 19.0 Å². The number of methoxy groups -OCH3 is 1. The number of rotatable bonds is 7. The summed E-state index contributed by atoms with van der Waals surface area (Å²) in [7, 11) is 1.54. The molecule has 0 radical (unpaired) electrons. The molecule has 168 valence electrons. The molecule has 1 aromatic rings. The molecule has 1 saturated heterocycles. The molecule has 2 N–H and O–H groups in total. The number of benzene rings is 1. The van der Waals surface area contributed by atoms with Crippen molar-refractivity contribution in [2.45, 2.75) is 57.6 Å². The predicted octanol–water partition coefficient (Wildman–Crippen LogP) is 2.46. The molecule has 1 aliphatic carbocycles. The molecule has 0 aromatic heterocycles. The summed E-state index contributed by atoms with van der Waals surface area (Å²) in [5.74, 6) is -0.531. The molecule has 9 nitrogen and oxygen atoms in total. The maximum Gasteiger partial charge on any atom is 0.327 e. The van der Waals surface area contributed by atoms with Crippen molar-refractivity contribution in [2.24, 2.45) is 5.92 Å². The number of nitrogens with one attached hydrogen (secondary N) is 2. The van der Waals surface area contributed by atoms with Gasteiger partial charge in [-0.25, -0.2) is 4.79 Å². The van der Waals surface area contributed by atoms with E-state index in [0.717, 1.165) is 24.2 Å². The van der Waals surface area contributed by atoms with Crippen LogP contribution in [0.5, 0.6) is 5.75 Å². The van der Waals surface area contributed by atoms with Gasteiger partial charge in [0.15, 0.2) is 6.10 Å². The van der Waals surface area contributed by atoms with Gasteiger partial charge < -0.3 is 20.1 Å². The number of amides is 4. The predicted molar refractivity (Wildman–Crippen MR) is 112 cm³/mol. The lowest BCUT2D eigenvalue weighted by molar-refractivity contribution is -0.155. The molecule has 4 amide bonds. The largest absolute Gasteiger partial charge is 0.497 e. The minimum Gasteiger partial charge on any atom is -0.497 e. The average Bonchev–Trinajstić information content (AvgIpc) is 2.98. The van der Waals surface area contributed by atoms with Crippen molar-refractivity contribution in [1.29, 1.82) is 0 Å². The van der Waals surface area contributed by atoms with Crippen LogP contribution in [0.2, 0.25) is 0 Å². The van der Waals surface area contributed by atoms with E-state index in [2.05, 4.69) is 17.6 Å². The maximum absolute atomic E-state index is 12.9. The van der Waals surface area contributed by atoms with Gasteiger partial charge in [0.05, 0.1) is 7.11 Å². The van der Waals surface area contributed by atoms with Gasteiger partial charge in [-0.15, -0.1) is 0 Å². The number of carbonyl (C=O) groups excluding carboxylic acids is 4. The van der Waals surface area contributed by atoms with Crippen molar-refractivity contribution < 1.29 is 28.7 Å². The van der Waals surface area contributed by atoms with Gasteiger partial charge >= 0.3 is 12.0 Å². The van der Waals surface area contributed by atoms with Crippen LogP contribution in [-0.4, -0.2) is 54.0 Å². The Morgan fingerprint density at radius 1 is 1.23 bits per heavy atom. The second-order valence-electron chi connectivity index (χ2n) is 8.11. The van der Waals surface area contributed by atoms with Crippen LogP contribution in [0.15, 0.2) is 24.3 Å². The lowest BCUT2D eigenvalue weighted by Crippen LogP contribution is -2.49. The van der Waals surface area contributed by atoms with E-state index in [1.54, 1.807) is 31.4 Å². The Labute approximate surface area is 181 Å². The van der Waals surface area contributed by atoms with Gasteiger partial charge in [-0.3, -0.25) is 19.3 Å². The number of ether oxygens (including phenoxy) is 2. The smallest absolute Gasteiger partial charge is 0.327 e. The quantitative estimate of drug-likeness (QED) is 0.506. The first kappa shape index (κ1) is 22.6. The number of carbonyl (C=O) groups is 4. The first-order chi connectivity index (χ1) is 14.8. The Hall–Kier alpha value is -3.10. The van der Waals surface area contributed by atoms with E-state index in [0.29, 0.717) is 30.2 Å². The van der Waals surface area contributed by atoms with Crippen LogP contribution >= 0.6 is 0 Å². The second-order valence-corrected chi connectivity index (χ2v) is 8.11. The summed E-state index contributed by atoms with van der Waals surface area (Å²) in [4.78, 5) is 50.7. The summed E-state index contributed by atoms with van der Waals surface area (Å²) in [5.41, 5.74) is -0.396. The summed E-state index contributed by atoms with van der Waals surface area (Å²) < 4.78 is 10.2. The van der Waals surface area contributed by atoms with E-state index >= 15 is 0 Å². The lowest BCUT2D eigenvalue weighted by Gasteiger charge is -2.34. The number of imide groups is 1. The minimum absolute atomic E-state index is 0.389. The van der Waals surface area contributed by atoms with Crippen LogP contribution in [0, 0.1) is 5.92 Å². The van der Waals surface area contributed by atoms with Gasteiger partial charge in [0, 0.05) is 5.69 Å². The van der Waals surface area contributed by atoms with Crippen LogP contribution in [0.3, 0.4) is 0 Å². The third-order valence-electron chi connectivity index (χ3n) is 6.10. The van der Waals surface area contributed by atoms with E-state index < -0.39 is 36.1 Å². The fraction of sp³-hybridized carbons (Fsp3) is 0.545. The number of nitrogens with zero attached hydrogens (tertiary/aromatic N) is 1. The van der Waals surface area contributed by atoms with Crippen molar-refractivity contribution >= 4 is 29.5 Å². The third kappa shape index (κ3) is 4.98. The Morgan fingerprint density at radius 3 is 2.45 bits per heavy atom. The first-order valence-corrected chi connectivity index (χ1v) is 10.6. The van der Waals surface area contributed by atoms with Crippen molar-refractivity contribution in [3.8, 4) is 5.75 Å². The van der Waals surface area contributed by atoms with Crippen LogP contribution < -0.4 is 15.4 Å². The van der Waals surface area contributed by atoms with E-state index in [1.807, 2.05) is 0 Å². The highest BCUT2D eigenvalue weighted by Crippen LogP contribution is 2.37. The molecule has 1 heterocycles. The summed E-state index contributed by atoms with van der Waals surface area (Å²) in [6, 6.07) is 6.10. The van der Waals surface area contributed by atoms with Gasteiger partial charge in [-0.1, -0.05) is 13.3 Å². The molecule has 1 aliphatic heterocycles.